The van der Waals surface area contributed by atoms with Crippen LogP contribution in [-0.4, -0.2) is 66.6 Å². The van der Waals surface area contributed by atoms with E-state index in [1.165, 1.54) is 25.6 Å². The third kappa shape index (κ3) is 4.71. The van der Waals surface area contributed by atoms with Gasteiger partial charge in [-0.1, -0.05) is 12.1 Å². The highest BCUT2D eigenvalue weighted by Gasteiger charge is 2.22. The summed E-state index contributed by atoms with van der Waals surface area (Å²) in [6.07, 6.45) is 1.85. The molecule has 0 saturated carbocycles. The number of carbonyl (C=O) groups excluding carboxylic acids is 2. The Hall–Kier alpha value is -3.89. The fraction of sp³-hybridized carbons (Fsp3) is 0.240. The molecule has 9 nitrogen and oxygen atoms in total. The van der Waals surface area contributed by atoms with Crippen molar-refractivity contribution in [3.8, 4) is 22.8 Å². The highest BCUT2D eigenvalue weighted by molar-refractivity contribution is 7.15. The van der Waals surface area contributed by atoms with E-state index < -0.39 is 0 Å². The second kappa shape index (κ2) is 9.77. The molecule has 0 atom stereocenters. The van der Waals surface area contributed by atoms with E-state index in [2.05, 4.69) is 5.32 Å². The lowest BCUT2D eigenvalue weighted by Crippen LogP contribution is -2.41. The maximum Gasteiger partial charge on any atom is 0.271 e. The second-order valence-electron chi connectivity index (χ2n) is 7.94. The number of aromatic nitrogens is 2. The molecule has 0 radical (unpaired) electrons. The third-order valence-corrected chi connectivity index (χ3v) is 6.60. The molecule has 1 aliphatic rings. The van der Waals surface area contributed by atoms with Crippen LogP contribution in [0.4, 0.5) is 5.69 Å². The minimum atomic E-state index is -0.288. The summed E-state index contributed by atoms with van der Waals surface area (Å²) in [7, 11) is 3.07. The maximum atomic E-state index is 13.0. The molecule has 2 amide bonds. The highest BCUT2D eigenvalue weighted by atomic mass is 32.1. The van der Waals surface area contributed by atoms with Crippen LogP contribution in [0.2, 0.25) is 0 Å². The van der Waals surface area contributed by atoms with Crippen LogP contribution in [0.3, 0.4) is 0 Å². The quantitative estimate of drug-likeness (QED) is 0.440. The number of methoxy groups -OCH3 is 2. The molecular weight excluding hydrogens is 468 g/mol. The average molecular weight is 493 g/mol. The lowest BCUT2D eigenvalue weighted by Gasteiger charge is -2.26. The highest BCUT2D eigenvalue weighted by Crippen LogP contribution is 2.27. The first-order valence-electron chi connectivity index (χ1n) is 11.0. The number of thiazole rings is 1. The number of anilines is 1. The van der Waals surface area contributed by atoms with E-state index in [-0.39, 0.29) is 11.8 Å². The number of nitrogens with one attached hydrogen (secondary N) is 1. The van der Waals surface area contributed by atoms with Crippen molar-refractivity contribution in [2.45, 2.75) is 0 Å². The smallest absolute Gasteiger partial charge is 0.271 e. The Labute approximate surface area is 205 Å². The molecule has 1 saturated heterocycles. The first-order chi connectivity index (χ1) is 17.1. The van der Waals surface area contributed by atoms with Crippen LogP contribution in [-0.2, 0) is 4.74 Å². The summed E-state index contributed by atoms with van der Waals surface area (Å²) in [5, 5.41) is 4.75. The van der Waals surface area contributed by atoms with E-state index in [4.69, 9.17) is 19.2 Å². The van der Waals surface area contributed by atoms with Crippen molar-refractivity contribution in [3.63, 3.8) is 0 Å². The number of ether oxygens (including phenoxy) is 3. The molecule has 2 aromatic heterocycles. The molecule has 5 rings (SSSR count). The molecule has 4 aromatic rings. The summed E-state index contributed by atoms with van der Waals surface area (Å²) in [6, 6.07) is 12.4. The topological polar surface area (TPSA) is 94.4 Å². The first kappa shape index (κ1) is 22.9. The molecule has 180 valence electrons. The Morgan fingerprint density at radius 3 is 2.51 bits per heavy atom. The van der Waals surface area contributed by atoms with Crippen molar-refractivity contribution >= 4 is 33.8 Å². The fourth-order valence-corrected chi connectivity index (χ4v) is 4.75. The standard InChI is InChI=1S/C25H24N4O5S/c1-32-19-11-17(12-20(13-19)33-2)23(30)26-18-5-3-4-16(10-18)21-14-29-22(15-35-25(29)27-21)24(31)28-6-8-34-9-7-28/h3-5,10-15H,6-9H2,1-2H3,(H,26,30). The van der Waals surface area contributed by atoms with Gasteiger partial charge < -0.3 is 24.4 Å². The van der Waals surface area contributed by atoms with Gasteiger partial charge in [-0.25, -0.2) is 4.98 Å². The van der Waals surface area contributed by atoms with Gasteiger partial charge in [0.05, 0.1) is 33.1 Å². The van der Waals surface area contributed by atoms with Gasteiger partial charge >= 0.3 is 0 Å². The number of morpholine rings is 1. The zero-order valence-electron chi connectivity index (χ0n) is 19.3. The van der Waals surface area contributed by atoms with Crippen LogP contribution >= 0.6 is 11.3 Å². The predicted octanol–water partition coefficient (Wildman–Crippen LogP) is 3.80. The van der Waals surface area contributed by atoms with Gasteiger partial charge in [-0.2, -0.15) is 0 Å². The SMILES string of the molecule is COc1cc(OC)cc(C(=O)Nc2cccc(-c3cn4c(C(=O)N5CCOCC5)csc4n3)c2)c1. The van der Waals surface area contributed by atoms with E-state index in [0.717, 1.165) is 10.5 Å². The van der Waals surface area contributed by atoms with Crippen LogP contribution in [0, 0.1) is 0 Å². The lowest BCUT2D eigenvalue weighted by molar-refractivity contribution is 0.0298. The van der Waals surface area contributed by atoms with E-state index in [1.54, 1.807) is 23.1 Å². The zero-order chi connectivity index (χ0) is 24.4. The minimum Gasteiger partial charge on any atom is -0.497 e. The Balaban J connectivity index is 1.38. The Morgan fingerprint density at radius 1 is 1.06 bits per heavy atom. The molecule has 0 aliphatic carbocycles. The largest absolute Gasteiger partial charge is 0.497 e. The van der Waals surface area contributed by atoms with Crippen molar-refractivity contribution in [3.05, 3.63) is 65.3 Å². The van der Waals surface area contributed by atoms with E-state index in [9.17, 15) is 9.59 Å². The summed E-state index contributed by atoms with van der Waals surface area (Å²) >= 11 is 1.42. The molecule has 1 aliphatic heterocycles. The van der Waals surface area contributed by atoms with Crippen molar-refractivity contribution in [1.29, 1.82) is 0 Å². The number of fused-ring (bicyclic) bond motifs is 1. The molecule has 2 aromatic carbocycles. The molecular formula is C25H24N4O5S. The van der Waals surface area contributed by atoms with E-state index in [1.807, 2.05) is 40.2 Å². The lowest BCUT2D eigenvalue weighted by atomic mass is 10.1. The van der Waals surface area contributed by atoms with Crippen LogP contribution in [0.25, 0.3) is 16.2 Å². The van der Waals surface area contributed by atoms with Gasteiger partial charge in [0, 0.05) is 47.5 Å². The van der Waals surface area contributed by atoms with E-state index >= 15 is 0 Å². The third-order valence-electron chi connectivity index (χ3n) is 5.76. The zero-order valence-corrected chi connectivity index (χ0v) is 20.1. The molecule has 1 fully saturated rings. The maximum absolute atomic E-state index is 13.0. The molecule has 35 heavy (non-hydrogen) atoms. The number of amides is 2. The molecule has 1 N–H and O–H groups in total. The van der Waals surface area contributed by atoms with Crippen LogP contribution < -0.4 is 14.8 Å². The number of hydrogen-bond donors (Lipinski definition) is 1. The molecule has 0 unspecified atom stereocenters. The molecule has 0 bridgehead atoms. The van der Waals surface area contributed by atoms with Gasteiger partial charge in [0.1, 0.15) is 17.2 Å². The van der Waals surface area contributed by atoms with Crippen molar-refractivity contribution in [2.24, 2.45) is 0 Å². The fourth-order valence-electron chi connectivity index (χ4n) is 3.90. The monoisotopic (exact) mass is 492 g/mol. The van der Waals surface area contributed by atoms with Gasteiger partial charge in [0.2, 0.25) is 0 Å². The number of benzene rings is 2. The van der Waals surface area contributed by atoms with Crippen LogP contribution in [0.1, 0.15) is 20.8 Å². The summed E-state index contributed by atoms with van der Waals surface area (Å²) in [6.45, 7) is 2.27. The normalized spacial score (nSPS) is 13.6. The number of imidazole rings is 1. The number of nitrogens with zero attached hydrogens (tertiary/aromatic N) is 3. The molecule has 10 heteroatoms. The van der Waals surface area contributed by atoms with Crippen molar-refractivity contribution < 1.29 is 23.8 Å². The van der Waals surface area contributed by atoms with Gasteiger partial charge in [0.15, 0.2) is 4.96 Å². The van der Waals surface area contributed by atoms with Crippen LogP contribution in [0.15, 0.2) is 54.0 Å². The van der Waals surface area contributed by atoms with Gasteiger partial charge in [0.25, 0.3) is 11.8 Å². The Morgan fingerprint density at radius 2 is 1.80 bits per heavy atom. The second-order valence-corrected chi connectivity index (χ2v) is 8.78. The summed E-state index contributed by atoms with van der Waals surface area (Å²) in [5.74, 6) is 0.745. The summed E-state index contributed by atoms with van der Waals surface area (Å²) in [4.78, 5) is 33.1. The number of hydrogen-bond acceptors (Lipinski definition) is 7. The predicted molar refractivity (Wildman–Crippen MR) is 133 cm³/mol. The summed E-state index contributed by atoms with van der Waals surface area (Å²) in [5.41, 5.74) is 3.16. The molecule has 3 heterocycles. The van der Waals surface area contributed by atoms with Gasteiger partial charge in [-0.15, -0.1) is 11.3 Å². The van der Waals surface area contributed by atoms with Gasteiger partial charge in [-0.05, 0) is 24.3 Å². The van der Waals surface area contributed by atoms with Crippen LogP contribution in [0.5, 0.6) is 11.5 Å². The minimum absolute atomic E-state index is 0.0294. The summed E-state index contributed by atoms with van der Waals surface area (Å²) < 4.78 is 17.7. The Kier molecular flexibility index (Phi) is 6.39. The van der Waals surface area contributed by atoms with Crippen molar-refractivity contribution in [1.82, 2.24) is 14.3 Å². The van der Waals surface area contributed by atoms with E-state index in [0.29, 0.717) is 60.4 Å². The Bertz CT molecular complexity index is 1370. The van der Waals surface area contributed by atoms with Gasteiger partial charge in [-0.3, -0.25) is 14.0 Å². The number of carbonyl (C=O) groups is 2. The van der Waals surface area contributed by atoms with Crippen molar-refractivity contribution in [2.75, 3.05) is 45.8 Å². The number of rotatable bonds is 6. The average Bonchev–Trinajstić information content (AvgIpc) is 3.50. The first-order valence-corrected chi connectivity index (χ1v) is 11.9. The molecule has 0 spiro atoms.